The number of methoxy groups -OCH3 is 1. The molecule has 0 amide bonds. The highest BCUT2D eigenvalue weighted by atomic mass is 32.2. The van der Waals surface area contributed by atoms with Crippen molar-refractivity contribution in [1.29, 1.82) is 0 Å². The maximum Gasteiger partial charge on any atom is 0.357 e. The normalized spacial score (nSPS) is 11.8. The monoisotopic (exact) mass is 424 g/mol. The van der Waals surface area contributed by atoms with Crippen molar-refractivity contribution >= 4 is 27.3 Å². The Balaban J connectivity index is 2.39. The lowest BCUT2D eigenvalue weighted by molar-refractivity contribution is 0.0594. The highest BCUT2D eigenvalue weighted by Gasteiger charge is 2.29. The lowest BCUT2D eigenvalue weighted by atomic mass is 10.1. The number of unbranched alkanes of at least 4 members (excludes halogenated alkanes) is 2. The molecule has 1 aromatic carbocycles. The summed E-state index contributed by atoms with van der Waals surface area (Å²) >= 11 is 1.26. The Kier molecular flexibility index (Phi) is 7.74. The van der Waals surface area contributed by atoms with E-state index in [-0.39, 0.29) is 12.2 Å². The second-order valence-corrected chi connectivity index (χ2v) is 9.71. The van der Waals surface area contributed by atoms with Gasteiger partial charge >= 0.3 is 5.97 Å². The Hall–Kier alpha value is -1.77. The van der Waals surface area contributed by atoms with Gasteiger partial charge in [-0.3, -0.25) is 0 Å². The molecule has 0 aliphatic heterocycles. The molecule has 0 radical (unpaired) electrons. The van der Waals surface area contributed by atoms with Crippen LogP contribution in [-0.2, 0) is 21.3 Å². The number of carbonyl (C=O) groups is 1. The summed E-state index contributed by atoms with van der Waals surface area (Å²) in [7, 11) is -2.39. The Morgan fingerprint density at radius 1 is 1.18 bits per heavy atom. The van der Waals surface area contributed by atoms with E-state index in [2.05, 4.69) is 16.6 Å². The first kappa shape index (κ1) is 22.5. The Morgan fingerprint density at radius 2 is 1.82 bits per heavy atom. The molecule has 1 heterocycles. The zero-order valence-corrected chi connectivity index (χ0v) is 18.7. The molecular weight excluding hydrogens is 396 g/mol. The van der Waals surface area contributed by atoms with E-state index in [4.69, 9.17) is 0 Å². The smallest absolute Gasteiger partial charge is 0.357 e. The number of aromatic nitrogens is 1. The SMILES string of the molecule is CCCCCN(Cc1nc(C(=O)OC)cs1)S(=O)(=O)c1c(C)cc(C)cc1C. The van der Waals surface area contributed by atoms with Crippen molar-refractivity contribution < 1.29 is 17.9 Å². The number of hydrogen-bond donors (Lipinski definition) is 0. The van der Waals surface area contributed by atoms with Gasteiger partial charge in [-0.05, 0) is 38.3 Å². The standard InChI is InChI=1S/C20H28N2O4S2/c1-6-7-8-9-22(12-18-21-17(13-27-18)20(23)26-5)28(24,25)19-15(3)10-14(2)11-16(19)4/h10-11,13H,6-9,12H2,1-5H3. The third-order valence-corrected chi connectivity index (χ3v) is 7.46. The largest absolute Gasteiger partial charge is 0.464 e. The Morgan fingerprint density at radius 3 is 2.39 bits per heavy atom. The topological polar surface area (TPSA) is 76.6 Å². The van der Waals surface area contributed by atoms with Crippen molar-refractivity contribution in [3.63, 3.8) is 0 Å². The molecule has 0 unspecified atom stereocenters. The number of aryl methyl sites for hydroxylation is 3. The molecule has 0 atom stereocenters. The number of hydrogen-bond acceptors (Lipinski definition) is 6. The molecule has 0 aliphatic carbocycles. The van der Waals surface area contributed by atoms with Crippen LogP contribution in [0.4, 0.5) is 0 Å². The van der Waals surface area contributed by atoms with E-state index in [0.29, 0.717) is 16.4 Å². The molecule has 28 heavy (non-hydrogen) atoms. The van der Waals surface area contributed by atoms with Crippen molar-refractivity contribution in [1.82, 2.24) is 9.29 Å². The van der Waals surface area contributed by atoms with Crippen LogP contribution in [0.15, 0.2) is 22.4 Å². The summed E-state index contributed by atoms with van der Waals surface area (Å²) in [5.41, 5.74) is 2.73. The first-order chi connectivity index (χ1) is 13.2. The van der Waals surface area contributed by atoms with Gasteiger partial charge in [0.1, 0.15) is 5.01 Å². The van der Waals surface area contributed by atoms with Crippen molar-refractivity contribution in [3.05, 3.63) is 44.9 Å². The number of ether oxygens (including phenoxy) is 1. The lowest BCUT2D eigenvalue weighted by Gasteiger charge is -2.23. The van der Waals surface area contributed by atoms with Crippen molar-refractivity contribution in [3.8, 4) is 0 Å². The summed E-state index contributed by atoms with van der Waals surface area (Å²) < 4.78 is 33.1. The molecule has 0 fully saturated rings. The minimum absolute atomic E-state index is 0.139. The summed E-state index contributed by atoms with van der Waals surface area (Å²) in [6, 6.07) is 3.78. The van der Waals surface area contributed by atoms with Crippen molar-refractivity contribution in [2.24, 2.45) is 0 Å². The second-order valence-electron chi connectivity index (χ2n) is 6.89. The molecule has 2 aromatic rings. The molecule has 6 nitrogen and oxygen atoms in total. The third-order valence-electron chi connectivity index (χ3n) is 4.47. The Bertz CT molecular complexity index is 912. The molecule has 0 saturated carbocycles. The van der Waals surface area contributed by atoms with E-state index < -0.39 is 16.0 Å². The number of nitrogens with zero attached hydrogens (tertiary/aromatic N) is 2. The van der Waals surface area contributed by atoms with E-state index in [1.807, 2.05) is 32.9 Å². The summed E-state index contributed by atoms with van der Waals surface area (Å²) in [5, 5.41) is 2.17. The zero-order chi connectivity index (χ0) is 20.9. The van der Waals surface area contributed by atoms with Crippen LogP contribution in [0, 0.1) is 20.8 Å². The molecule has 0 aliphatic rings. The van der Waals surface area contributed by atoms with Gasteiger partial charge in [-0.25, -0.2) is 18.2 Å². The highest BCUT2D eigenvalue weighted by Crippen LogP contribution is 2.27. The van der Waals surface area contributed by atoms with Gasteiger partial charge in [0.25, 0.3) is 0 Å². The molecule has 1 aromatic heterocycles. The molecule has 8 heteroatoms. The number of thiazole rings is 1. The summed E-state index contributed by atoms with van der Waals surface area (Å²) in [6.45, 7) is 8.25. The van der Waals surface area contributed by atoms with Crippen LogP contribution in [0.2, 0.25) is 0 Å². The number of benzene rings is 1. The fourth-order valence-electron chi connectivity index (χ4n) is 3.26. The van der Waals surface area contributed by atoms with E-state index in [9.17, 15) is 13.2 Å². The van der Waals surface area contributed by atoms with E-state index in [1.54, 1.807) is 5.38 Å². The fraction of sp³-hybridized carbons (Fsp3) is 0.500. The van der Waals surface area contributed by atoms with Gasteiger partial charge in [-0.1, -0.05) is 37.5 Å². The third kappa shape index (κ3) is 5.18. The van der Waals surface area contributed by atoms with Gasteiger partial charge in [0, 0.05) is 11.9 Å². The molecule has 154 valence electrons. The predicted molar refractivity (Wildman–Crippen MR) is 111 cm³/mol. The lowest BCUT2D eigenvalue weighted by Crippen LogP contribution is -2.32. The van der Waals surface area contributed by atoms with Gasteiger partial charge < -0.3 is 4.74 Å². The number of rotatable bonds is 9. The number of esters is 1. The van der Waals surface area contributed by atoms with E-state index in [1.165, 1.54) is 22.8 Å². The molecule has 2 rings (SSSR count). The Labute approximate surface area is 171 Å². The zero-order valence-electron chi connectivity index (χ0n) is 17.1. The van der Waals surface area contributed by atoms with Crippen LogP contribution in [0.1, 0.15) is 58.4 Å². The summed E-state index contributed by atoms with van der Waals surface area (Å²) in [5.74, 6) is -0.520. The van der Waals surface area contributed by atoms with Gasteiger partial charge in [0.05, 0.1) is 18.6 Å². The summed E-state index contributed by atoms with van der Waals surface area (Å²) in [6.07, 6.45) is 2.72. The average Bonchev–Trinajstić information content (AvgIpc) is 3.07. The molecule has 0 spiro atoms. The van der Waals surface area contributed by atoms with Gasteiger partial charge in [0.2, 0.25) is 10.0 Å². The second kappa shape index (κ2) is 9.62. The van der Waals surface area contributed by atoms with Crippen LogP contribution in [-0.4, -0.2) is 37.3 Å². The maximum absolute atomic E-state index is 13.5. The molecule has 0 bridgehead atoms. The van der Waals surface area contributed by atoms with Crippen molar-refractivity contribution in [2.45, 2.75) is 58.4 Å². The minimum Gasteiger partial charge on any atom is -0.464 e. The first-order valence-corrected chi connectivity index (χ1v) is 11.6. The molecule has 0 saturated heterocycles. The van der Waals surface area contributed by atoms with Crippen LogP contribution in [0.25, 0.3) is 0 Å². The van der Waals surface area contributed by atoms with Crippen LogP contribution >= 0.6 is 11.3 Å². The van der Waals surface area contributed by atoms with E-state index in [0.717, 1.165) is 36.0 Å². The van der Waals surface area contributed by atoms with Crippen LogP contribution < -0.4 is 0 Å². The van der Waals surface area contributed by atoms with Gasteiger partial charge in [-0.15, -0.1) is 11.3 Å². The fourth-order valence-corrected chi connectivity index (χ4v) is 5.97. The molecular formula is C20H28N2O4S2. The molecule has 0 N–H and O–H groups in total. The van der Waals surface area contributed by atoms with E-state index >= 15 is 0 Å². The minimum atomic E-state index is -3.69. The van der Waals surface area contributed by atoms with Crippen molar-refractivity contribution in [2.75, 3.05) is 13.7 Å². The van der Waals surface area contributed by atoms with Gasteiger partial charge in [-0.2, -0.15) is 4.31 Å². The van der Waals surface area contributed by atoms with Gasteiger partial charge in [0.15, 0.2) is 5.69 Å². The predicted octanol–water partition coefficient (Wildman–Crippen LogP) is 4.24. The first-order valence-electron chi connectivity index (χ1n) is 9.31. The average molecular weight is 425 g/mol. The number of sulfonamides is 1. The number of carbonyl (C=O) groups excluding carboxylic acids is 1. The maximum atomic E-state index is 13.5. The van der Waals surface area contributed by atoms with Crippen LogP contribution in [0.5, 0.6) is 0 Å². The summed E-state index contributed by atoms with van der Waals surface area (Å²) in [4.78, 5) is 16.3. The highest BCUT2D eigenvalue weighted by molar-refractivity contribution is 7.89. The quantitative estimate of drug-likeness (QED) is 0.445. The van der Waals surface area contributed by atoms with Crippen LogP contribution in [0.3, 0.4) is 0 Å².